The lowest BCUT2D eigenvalue weighted by atomic mass is 10.1. The molecular weight excluding hydrogens is 454 g/mol. The number of ether oxygens (including phenoxy) is 4. The predicted octanol–water partition coefficient (Wildman–Crippen LogP) is 4.05. The van der Waals surface area contributed by atoms with Gasteiger partial charge in [0, 0.05) is 5.56 Å². The van der Waals surface area contributed by atoms with Gasteiger partial charge in [0.05, 0.1) is 18.2 Å². The normalized spacial score (nSPS) is 14.3. The van der Waals surface area contributed by atoms with Gasteiger partial charge in [-0.15, -0.1) is 0 Å². The van der Waals surface area contributed by atoms with Crippen molar-refractivity contribution in [3.63, 3.8) is 0 Å². The predicted molar refractivity (Wildman–Crippen MR) is 115 cm³/mol. The number of halogens is 1. The van der Waals surface area contributed by atoms with Crippen LogP contribution in [0.5, 0.6) is 11.5 Å². The van der Waals surface area contributed by atoms with Gasteiger partial charge in [-0.3, -0.25) is 0 Å². The van der Waals surface area contributed by atoms with E-state index in [4.69, 9.17) is 14.2 Å². The van der Waals surface area contributed by atoms with Gasteiger partial charge >= 0.3 is 11.9 Å². The molecule has 1 aliphatic heterocycles. The van der Waals surface area contributed by atoms with Gasteiger partial charge in [-0.25, -0.2) is 14.6 Å². The average Bonchev–Trinajstić information content (AvgIpc) is 3.08. The highest BCUT2D eigenvalue weighted by molar-refractivity contribution is 9.10. The molecule has 3 rings (SSSR count). The lowest BCUT2D eigenvalue weighted by Gasteiger charge is -2.14. The van der Waals surface area contributed by atoms with Crippen molar-refractivity contribution in [1.82, 2.24) is 0 Å². The molecule has 0 saturated carbocycles. The van der Waals surface area contributed by atoms with E-state index in [1.165, 1.54) is 7.11 Å². The molecule has 0 spiro atoms. The van der Waals surface area contributed by atoms with E-state index < -0.39 is 11.9 Å². The molecule has 8 heteroatoms. The van der Waals surface area contributed by atoms with E-state index in [0.717, 1.165) is 11.1 Å². The van der Waals surface area contributed by atoms with E-state index in [9.17, 15) is 9.59 Å². The van der Waals surface area contributed by atoms with Crippen LogP contribution >= 0.6 is 15.9 Å². The van der Waals surface area contributed by atoms with Crippen molar-refractivity contribution in [2.24, 2.45) is 4.99 Å². The molecule has 0 aromatic heterocycles. The van der Waals surface area contributed by atoms with Crippen LogP contribution in [0, 0.1) is 6.92 Å². The monoisotopic (exact) mass is 473 g/mol. The summed E-state index contributed by atoms with van der Waals surface area (Å²) in [6.07, 6.45) is 1.60. The third kappa shape index (κ3) is 5.07. The standard InChI is InChI=1S/C22H20BrNO6/c1-4-28-18-11-14(9-16(23)20(18)29-12-19(25)27-3)10-17-22(26)30-21(24-17)15-7-5-13(2)6-8-15/h5-11H,4,12H2,1-3H3/b17-10-. The molecule has 1 heterocycles. The van der Waals surface area contributed by atoms with Gasteiger partial charge in [-0.05, 0) is 65.7 Å². The van der Waals surface area contributed by atoms with E-state index in [2.05, 4.69) is 25.7 Å². The summed E-state index contributed by atoms with van der Waals surface area (Å²) in [5, 5.41) is 0. The first kappa shape index (κ1) is 21.6. The lowest BCUT2D eigenvalue weighted by molar-refractivity contribution is -0.143. The number of hydrogen-bond donors (Lipinski definition) is 0. The Bertz CT molecular complexity index is 1030. The Labute approximate surface area is 182 Å². The number of methoxy groups -OCH3 is 1. The van der Waals surface area contributed by atoms with Crippen molar-refractivity contribution >= 4 is 39.8 Å². The summed E-state index contributed by atoms with van der Waals surface area (Å²) in [7, 11) is 1.28. The molecule has 0 radical (unpaired) electrons. The number of benzene rings is 2. The van der Waals surface area contributed by atoms with Crippen LogP contribution < -0.4 is 9.47 Å². The van der Waals surface area contributed by atoms with Crippen molar-refractivity contribution in [2.45, 2.75) is 13.8 Å². The number of cyclic esters (lactones) is 1. The molecule has 2 aromatic carbocycles. The molecule has 0 fully saturated rings. The second-order valence-electron chi connectivity index (χ2n) is 6.33. The molecule has 0 bridgehead atoms. The fraction of sp³-hybridized carbons (Fsp3) is 0.227. The molecule has 1 aliphatic rings. The SMILES string of the molecule is CCOc1cc(/C=C2\N=C(c3ccc(C)cc3)OC2=O)cc(Br)c1OCC(=O)OC. The van der Waals surface area contributed by atoms with Crippen LogP contribution in [0.4, 0.5) is 0 Å². The molecule has 0 aliphatic carbocycles. The smallest absolute Gasteiger partial charge is 0.363 e. The number of hydrogen-bond acceptors (Lipinski definition) is 7. The highest BCUT2D eigenvalue weighted by Gasteiger charge is 2.24. The molecule has 30 heavy (non-hydrogen) atoms. The van der Waals surface area contributed by atoms with Crippen LogP contribution in [0.3, 0.4) is 0 Å². The minimum atomic E-state index is -0.536. The number of carbonyl (C=O) groups excluding carboxylic acids is 2. The Morgan fingerprint density at radius 1 is 1.20 bits per heavy atom. The second kappa shape index (κ2) is 9.58. The van der Waals surface area contributed by atoms with Crippen LogP contribution in [0.15, 0.2) is 51.6 Å². The van der Waals surface area contributed by atoms with E-state index in [0.29, 0.717) is 28.1 Å². The number of aryl methyl sites for hydroxylation is 1. The first-order valence-electron chi connectivity index (χ1n) is 9.16. The fourth-order valence-corrected chi connectivity index (χ4v) is 3.23. The molecule has 0 amide bonds. The quantitative estimate of drug-likeness (QED) is 0.445. The Morgan fingerprint density at radius 2 is 1.93 bits per heavy atom. The van der Waals surface area contributed by atoms with Gasteiger partial charge in [-0.2, -0.15) is 0 Å². The number of esters is 2. The summed E-state index contributed by atoms with van der Waals surface area (Å²) in [6.45, 7) is 3.94. The summed E-state index contributed by atoms with van der Waals surface area (Å²) in [6, 6.07) is 11.0. The summed E-state index contributed by atoms with van der Waals surface area (Å²) >= 11 is 3.42. The van der Waals surface area contributed by atoms with Crippen LogP contribution in [0.1, 0.15) is 23.6 Å². The van der Waals surface area contributed by atoms with Crippen LogP contribution in [-0.4, -0.2) is 38.2 Å². The number of aliphatic imine (C=N–C) groups is 1. The van der Waals surface area contributed by atoms with Gasteiger partial charge in [0.1, 0.15) is 0 Å². The molecule has 0 atom stereocenters. The van der Waals surface area contributed by atoms with Crippen LogP contribution in [-0.2, 0) is 19.1 Å². The molecule has 0 saturated heterocycles. The molecule has 7 nitrogen and oxygen atoms in total. The van der Waals surface area contributed by atoms with Crippen LogP contribution in [0.2, 0.25) is 0 Å². The van der Waals surface area contributed by atoms with E-state index in [1.807, 2.05) is 38.1 Å². The van der Waals surface area contributed by atoms with Gasteiger partial charge < -0.3 is 18.9 Å². The summed E-state index contributed by atoms with van der Waals surface area (Å²) < 4.78 is 21.6. The Hall–Kier alpha value is -3.13. The van der Waals surface area contributed by atoms with E-state index in [-0.39, 0.29) is 18.2 Å². The highest BCUT2D eigenvalue weighted by atomic mass is 79.9. The van der Waals surface area contributed by atoms with Crippen molar-refractivity contribution in [1.29, 1.82) is 0 Å². The van der Waals surface area contributed by atoms with E-state index >= 15 is 0 Å². The van der Waals surface area contributed by atoms with Crippen molar-refractivity contribution < 1.29 is 28.5 Å². The van der Waals surface area contributed by atoms with Crippen LogP contribution in [0.25, 0.3) is 6.08 Å². The Balaban J connectivity index is 1.91. The lowest BCUT2D eigenvalue weighted by Crippen LogP contribution is -2.13. The van der Waals surface area contributed by atoms with Gasteiger partial charge in [-0.1, -0.05) is 17.7 Å². The third-order valence-corrected chi connectivity index (χ3v) is 4.71. The van der Waals surface area contributed by atoms with Crippen molar-refractivity contribution in [3.8, 4) is 11.5 Å². The first-order chi connectivity index (χ1) is 14.4. The molecule has 2 aromatic rings. The third-order valence-electron chi connectivity index (χ3n) is 4.12. The maximum absolute atomic E-state index is 12.3. The molecule has 0 N–H and O–H groups in total. The maximum atomic E-state index is 12.3. The van der Waals surface area contributed by atoms with E-state index in [1.54, 1.807) is 18.2 Å². The molecule has 0 unspecified atom stereocenters. The average molecular weight is 474 g/mol. The van der Waals surface area contributed by atoms with Crippen molar-refractivity contribution in [2.75, 3.05) is 20.3 Å². The minimum Gasteiger partial charge on any atom is -0.490 e. The van der Waals surface area contributed by atoms with Gasteiger partial charge in [0.25, 0.3) is 0 Å². The number of carbonyl (C=O) groups is 2. The fourth-order valence-electron chi connectivity index (χ4n) is 2.65. The largest absolute Gasteiger partial charge is 0.490 e. The number of nitrogens with zero attached hydrogens (tertiary/aromatic N) is 1. The number of rotatable bonds is 7. The highest BCUT2D eigenvalue weighted by Crippen LogP contribution is 2.38. The maximum Gasteiger partial charge on any atom is 0.363 e. The summed E-state index contributed by atoms with van der Waals surface area (Å²) in [5.74, 6) is -0.0137. The summed E-state index contributed by atoms with van der Waals surface area (Å²) in [4.78, 5) is 28.0. The zero-order valence-electron chi connectivity index (χ0n) is 16.7. The minimum absolute atomic E-state index is 0.170. The zero-order chi connectivity index (χ0) is 21.7. The first-order valence-corrected chi connectivity index (χ1v) is 9.96. The van der Waals surface area contributed by atoms with Gasteiger partial charge in [0.2, 0.25) is 5.90 Å². The topological polar surface area (TPSA) is 83.4 Å². The Morgan fingerprint density at radius 3 is 2.60 bits per heavy atom. The molecular formula is C22H20BrNO6. The zero-order valence-corrected chi connectivity index (χ0v) is 18.3. The Kier molecular flexibility index (Phi) is 6.89. The summed E-state index contributed by atoms with van der Waals surface area (Å²) in [5.41, 5.74) is 2.64. The second-order valence-corrected chi connectivity index (χ2v) is 7.18. The molecule has 156 valence electrons. The van der Waals surface area contributed by atoms with Crippen molar-refractivity contribution in [3.05, 3.63) is 63.3 Å². The van der Waals surface area contributed by atoms with Gasteiger partial charge in [0.15, 0.2) is 23.8 Å².